The number of benzene rings is 1. The normalized spacial score (nSPS) is 17.7. The van der Waals surface area contributed by atoms with Crippen molar-refractivity contribution in [3.63, 3.8) is 0 Å². The average Bonchev–Trinajstić information content (AvgIpc) is 3.00. The Bertz CT molecular complexity index is 795. The van der Waals surface area contributed by atoms with Crippen LogP contribution < -0.4 is 10.2 Å². The predicted molar refractivity (Wildman–Crippen MR) is 87.3 cm³/mol. The van der Waals surface area contributed by atoms with Gasteiger partial charge < -0.3 is 24.6 Å². The summed E-state index contributed by atoms with van der Waals surface area (Å²) in [5.74, 6) is 0.403. The lowest BCUT2D eigenvalue weighted by molar-refractivity contribution is 0.0531. The molecule has 1 unspecified atom stereocenters. The number of ether oxygens (including phenoxy) is 1. The van der Waals surface area contributed by atoms with E-state index in [9.17, 15) is 10.1 Å². The molecule has 126 valence electrons. The topological polar surface area (TPSA) is 112 Å². The number of morpholine rings is 1. The summed E-state index contributed by atoms with van der Waals surface area (Å²) in [5.41, 5.74) is 1.58. The molecular weight excluding hydrogens is 312 g/mol. The Labute approximate surface area is 138 Å². The first-order valence-corrected chi connectivity index (χ1v) is 7.72. The summed E-state index contributed by atoms with van der Waals surface area (Å²) in [6.45, 7) is 3.89. The fraction of sp³-hybridized carbons (Fsp3) is 0.438. The van der Waals surface area contributed by atoms with Crippen LogP contribution in [0.3, 0.4) is 0 Å². The molecule has 0 saturated carbocycles. The molecule has 24 heavy (non-hydrogen) atoms. The van der Waals surface area contributed by atoms with E-state index in [1.165, 1.54) is 0 Å². The van der Waals surface area contributed by atoms with E-state index in [-0.39, 0.29) is 18.3 Å². The number of nitrogens with one attached hydrogen (secondary N) is 1. The molecule has 0 amide bonds. The fourth-order valence-electron chi connectivity index (χ4n) is 2.94. The molecule has 1 saturated heterocycles. The smallest absolute Gasteiger partial charge is 0.189 e. The number of aromatic nitrogens is 1. The van der Waals surface area contributed by atoms with Gasteiger partial charge >= 0.3 is 0 Å². The summed E-state index contributed by atoms with van der Waals surface area (Å²) in [7, 11) is 0. The van der Waals surface area contributed by atoms with Crippen LogP contribution in [-0.4, -0.2) is 55.5 Å². The molecule has 1 aliphatic heterocycles. The predicted octanol–water partition coefficient (Wildman–Crippen LogP) is 1.14. The van der Waals surface area contributed by atoms with Crippen LogP contribution in [0.2, 0.25) is 0 Å². The lowest BCUT2D eigenvalue weighted by Crippen LogP contribution is -2.42. The van der Waals surface area contributed by atoms with Crippen molar-refractivity contribution >= 4 is 28.8 Å². The van der Waals surface area contributed by atoms with Gasteiger partial charge in [0.15, 0.2) is 17.7 Å². The SMILES string of the molecule is CC1CN(c2c(C=O)cc3c(NCCO)noc3c2C#N)CCO1. The van der Waals surface area contributed by atoms with E-state index in [1.54, 1.807) is 6.07 Å². The first-order valence-electron chi connectivity index (χ1n) is 7.72. The molecule has 1 aliphatic rings. The van der Waals surface area contributed by atoms with Crippen molar-refractivity contribution in [2.75, 3.05) is 43.1 Å². The minimum atomic E-state index is -0.0657. The van der Waals surface area contributed by atoms with E-state index in [4.69, 9.17) is 14.4 Å². The zero-order valence-electron chi connectivity index (χ0n) is 13.3. The Kier molecular flexibility index (Phi) is 4.64. The Morgan fingerprint density at radius 3 is 3.12 bits per heavy atom. The lowest BCUT2D eigenvalue weighted by Gasteiger charge is -2.34. The van der Waals surface area contributed by atoms with Crippen LogP contribution in [0.5, 0.6) is 0 Å². The maximum Gasteiger partial charge on any atom is 0.189 e. The van der Waals surface area contributed by atoms with Gasteiger partial charge in [0.1, 0.15) is 11.6 Å². The molecule has 3 rings (SSSR count). The second-order valence-electron chi connectivity index (χ2n) is 5.60. The van der Waals surface area contributed by atoms with E-state index in [0.717, 1.165) is 6.29 Å². The van der Waals surface area contributed by atoms with Crippen LogP contribution in [-0.2, 0) is 4.74 Å². The highest BCUT2D eigenvalue weighted by molar-refractivity contribution is 6.02. The molecule has 1 atom stereocenters. The van der Waals surface area contributed by atoms with E-state index in [1.807, 2.05) is 11.8 Å². The third-order valence-electron chi connectivity index (χ3n) is 3.97. The Hall–Kier alpha value is -2.63. The zero-order chi connectivity index (χ0) is 17.1. The van der Waals surface area contributed by atoms with E-state index < -0.39 is 0 Å². The van der Waals surface area contributed by atoms with Crippen LogP contribution in [0, 0.1) is 11.3 Å². The largest absolute Gasteiger partial charge is 0.395 e. The van der Waals surface area contributed by atoms with Gasteiger partial charge in [-0.2, -0.15) is 5.26 Å². The molecule has 0 bridgehead atoms. The van der Waals surface area contributed by atoms with Gasteiger partial charge in [-0.3, -0.25) is 4.79 Å². The van der Waals surface area contributed by atoms with Gasteiger partial charge in [0, 0.05) is 25.2 Å². The zero-order valence-corrected chi connectivity index (χ0v) is 13.3. The number of carbonyl (C=O) groups is 1. The molecule has 2 heterocycles. The number of anilines is 2. The Balaban J connectivity index is 2.15. The number of fused-ring (bicyclic) bond motifs is 1. The number of hydrogen-bond acceptors (Lipinski definition) is 8. The minimum absolute atomic E-state index is 0.0111. The molecule has 0 radical (unpaired) electrons. The van der Waals surface area contributed by atoms with E-state index >= 15 is 0 Å². The number of nitriles is 1. The van der Waals surface area contributed by atoms with Gasteiger partial charge in [0.05, 0.1) is 30.4 Å². The van der Waals surface area contributed by atoms with Gasteiger partial charge in [-0.05, 0) is 13.0 Å². The highest BCUT2D eigenvalue weighted by Crippen LogP contribution is 2.35. The van der Waals surface area contributed by atoms with Crippen molar-refractivity contribution in [2.45, 2.75) is 13.0 Å². The highest BCUT2D eigenvalue weighted by atomic mass is 16.5. The lowest BCUT2D eigenvalue weighted by atomic mass is 10.0. The Morgan fingerprint density at radius 2 is 2.46 bits per heavy atom. The molecule has 0 spiro atoms. The first-order chi connectivity index (χ1) is 11.7. The first kappa shape index (κ1) is 16.2. The van der Waals surface area contributed by atoms with Crippen molar-refractivity contribution in [1.29, 1.82) is 5.26 Å². The molecule has 0 aliphatic carbocycles. The standard InChI is InChI=1S/C16H18N4O4/c1-10-8-20(3-5-23-10)14-11(9-22)6-12-15(13(14)7-17)24-19-16(12)18-2-4-21/h6,9-10,21H,2-5,8H2,1H3,(H,18,19). The van der Waals surface area contributed by atoms with Crippen LogP contribution in [0.15, 0.2) is 10.6 Å². The number of hydrogen-bond donors (Lipinski definition) is 2. The van der Waals surface area contributed by atoms with Gasteiger partial charge in [0.2, 0.25) is 0 Å². The van der Waals surface area contributed by atoms with Gasteiger partial charge in [-0.25, -0.2) is 0 Å². The summed E-state index contributed by atoms with van der Waals surface area (Å²) in [4.78, 5) is 13.6. The van der Waals surface area contributed by atoms with Crippen LogP contribution >= 0.6 is 0 Å². The second-order valence-corrected chi connectivity index (χ2v) is 5.60. The number of carbonyl (C=O) groups excluding carboxylic acids is 1. The molecule has 2 N–H and O–H groups in total. The maximum atomic E-state index is 11.6. The highest BCUT2D eigenvalue weighted by Gasteiger charge is 2.26. The number of rotatable bonds is 5. The van der Waals surface area contributed by atoms with Crippen molar-refractivity contribution in [1.82, 2.24) is 5.16 Å². The summed E-state index contributed by atoms with van der Waals surface area (Å²) in [5, 5.41) is 25.9. The third-order valence-corrected chi connectivity index (χ3v) is 3.97. The van der Waals surface area contributed by atoms with Gasteiger partial charge in [0.25, 0.3) is 0 Å². The second kappa shape index (κ2) is 6.86. The number of aldehydes is 1. The number of aliphatic hydroxyl groups is 1. The van der Waals surface area contributed by atoms with Crippen molar-refractivity contribution in [2.24, 2.45) is 0 Å². The Morgan fingerprint density at radius 1 is 1.62 bits per heavy atom. The summed E-state index contributed by atoms with van der Waals surface area (Å²) >= 11 is 0. The summed E-state index contributed by atoms with van der Waals surface area (Å²) < 4.78 is 10.9. The molecule has 8 heteroatoms. The van der Waals surface area contributed by atoms with Gasteiger partial charge in [-0.15, -0.1) is 0 Å². The number of nitrogens with zero attached hydrogens (tertiary/aromatic N) is 3. The van der Waals surface area contributed by atoms with Crippen LogP contribution in [0.25, 0.3) is 11.0 Å². The van der Waals surface area contributed by atoms with E-state index in [2.05, 4.69) is 16.5 Å². The molecule has 1 fully saturated rings. The van der Waals surface area contributed by atoms with Crippen molar-refractivity contribution in [3.8, 4) is 6.07 Å². The fourth-order valence-corrected chi connectivity index (χ4v) is 2.94. The quantitative estimate of drug-likeness (QED) is 0.785. The monoisotopic (exact) mass is 330 g/mol. The minimum Gasteiger partial charge on any atom is -0.395 e. The molecule has 1 aromatic carbocycles. The van der Waals surface area contributed by atoms with Crippen LogP contribution in [0.1, 0.15) is 22.8 Å². The summed E-state index contributed by atoms with van der Waals surface area (Å²) in [6, 6.07) is 3.80. The molecular formula is C16H18N4O4. The van der Waals surface area contributed by atoms with Gasteiger partial charge in [-0.1, -0.05) is 5.16 Å². The third kappa shape index (κ3) is 2.79. The molecule has 1 aromatic heterocycles. The molecule has 8 nitrogen and oxygen atoms in total. The average molecular weight is 330 g/mol. The number of aliphatic hydroxyl groups excluding tert-OH is 1. The van der Waals surface area contributed by atoms with E-state index in [0.29, 0.717) is 54.3 Å². The molecule has 2 aromatic rings. The van der Waals surface area contributed by atoms with Crippen molar-refractivity contribution < 1.29 is 19.2 Å². The summed E-state index contributed by atoms with van der Waals surface area (Å²) in [6.07, 6.45) is 0.746. The van der Waals surface area contributed by atoms with Crippen LogP contribution in [0.4, 0.5) is 11.5 Å². The van der Waals surface area contributed by atoms with Crippen molar-refractivity contribution in [3.05, 3.63) is 17.2 Å². The maximum absolute atomic E-state index is 11.6.